The van der Waals surface area contributed by atoms with E-state index in [1.165, 1.54) is 5.56 Å². The molecule has 0 spiro atoms. The second-order valence-electron chi connectivity index (χ2n) is 7.61. The molecule has 3 rings (SSSR count). The SMILES string of the molecule is CN1CCCN(CC(=O)N2CCC(Cc3cccc(CO)c3)C2)CC1. The van der Waals surface area contributed by atoms with Gasteiger partial charge in [0.15, 0.2) is 0 Å². The summed E-state index contributed by atoms with van der Waals surface area (Å²) in [6.45, 7) is 6.62. The molecule has 5 heteroatoms. The number of likely N-dealkylation sites (N-methyl/N-ethyl adjacent to an activating group) is 1. The summed E-state index contributed by atoms with van der Waals surface area (Å²) in [5.74, 6) is 0.823. The van der Waals surface area contributed by atoms with Gasteiger partial charge in [-0.2, -0.15) is 0 Å². The van der Waals surface area contributed by atoms with E-state index in [1.54, 1.807) is 0 Å². The number of rotatable bonds is 5. The number of carbonyl (C=O) groups excluding carboxylic acids is 1. The van der Waals surface area contributed by atoms with Crippen LogP contribution in [-0.2, 0) is 17.8 Å². The fraction of sp³-hybridized carbons (Fsp3) is 0.650. The van der Waals surface area contributed by atoms with Crippen LogP contribution in [0.25, 0.3) is 0 Å². The fourth-order valence-corrected chi connectivity index (χ4v) is 3.96. The Hall–Kier alpha value is -1.43. The topological polar surface area (TPSA) is 47.0 Å². The summed E-state index contributed by atoms with van der Waals surface area (Å²) in [7, 11) is 2.15. The molecule has 2 aliphatic heterocycles. The van der Waals surface area contributed by atoms with Crippen molar-refractivity contribution in [2.45, 2.75) is 25.9 Å². The summed E-state index contributed by atoms with van der Waals surface area (Å²) >= 11 is 0. The second-order valence-corrected chi connectivity index (χ2v) is 7.61. The molecule has 2 aliphatic rings. The largest absolute Gasteiger partial charge is 0.392 e. The molecular weight excluding hydrogens is 314 g/mol. The van der Waals surface area contributed by atoms with Crippen molar-refractivity contribution in [2.24, 2.45) is 5.92 Å². The van der Waals surface area contributed by atoms with Crippen molar-refractivity contribution in [3.63, 3.8) is 0 Å². The highest BCUT2D eigenvalue weighted by molar-refractivity contribution is 5.78. The molecule has 0 radical (unpaired) electrons. The van der Waals surface area contributed by atoms with Gasteiger partial charge in [0.05, 0.1) is 13.2 Å². The highest BCUT2D eigenvalue weighted by Crippen LogP contribution is 2.22. The number of hydrogen-bond donors (Lipinski definition) is 1. The first-order chi connectivity index (χ1) is 12.1. The van der Waals surface area contributed by atoms with Gasteiger partial charge in [0.2, 0.25) is 5.91 Å². The summed E-state index contributed by atoms with van der Waals surface area (Å²) in [6, 6.07) is 8.16. The number of benzene rings is 1. The molecule has 0 bridgehead atoms. The third-order valence-electron chi connectivity index (χ3n) is 5.51. The maximum absolute atomic E-state index is 12.6. The Kier molecular flexibility index (Phi) is 6.45. The van der Waals surface area contributed by atoms with E-state index in [0.29, 0.717) is 12.5 Å². The van der Waals surface area contributed by atoms with Gasteiger partial charge in [0.25, 0.3) is 0 Å². The van der Waals surface area contributed by atoms with Crippen LogP contribution in [0.4, 0.5) is 0 Å². The van der Waals surface area contributed by atoms with E-state index in [2.05, 4.69) is 33.9 Å². The van der Waals surface area contributed by atoms with Crippen molar-refractivity contribution in [3.05, 3.63) is 35.4 Å². The number of aliphatic hydroxyl groups is 1. The molecule has 1 amide bonds. The third kappa shape index (κ3) is 5.27. The normalized spacial score (nSPS) is 23.0. The van der Waals surface area contributed by atoms with Crippen LogP contribution in [0.5, 0.6) is 0 Å². The van der Waals surface area contributed by atoms with Gasteiger partial charge in [-0.3, -0.25) is 9.69 Å². The van der Waals surface area contributed by atoms with Crippen LogP contribution in [0, 0.1) is 5.92 Å². The van der Waals surface area contributed by atoms with Gasteiger partial charge >= 0.3 is 0 Å². The summed E-state index contributed by atoms with van der Waals surface area (Å²) < 4.78 is 0. The van der Waals surface area contributed by atoms with Crippen LogP contribution in [0.3, 0.4) is 0 Å². The van der Waals surface area contributed by atoms with E-state index in [4.69, 9.17) is 0 Å². The van der Waals surface area contributed by atoms with Gasteiger partial charge in [0.1, 0.15) is 0 Å². The smallest absolute Gasteiger partial charge is 0.236 e. The lowest BCUT2D eigenvalue weighted by atomic mass is 9.97. The third-order valence-corrected chi connectivity index (χ3v) is 5.51. The molecule has 1 aromatic carbocycles. The molecule has 1 unspecified atom stereocenters. The standard InChI is InChI=1S/C20H31N3O2/c1-21-7-3-8-22(11-10-21)15-20(25)23-9-6-18(14-23)12-17-4-2-5-19(13-17)16-24/h2,4-5,13,18,24H,3,6-12,14-16H2,1H3. The van der Waals surface area contributed by atoms with Crippen LogP contribution in [0.15, 0.2) is 24.3 Å². The Morgan fingerprint density at radius 1 is 1.16 bits per heavy atom. The van der Waals surface area contributed by atoms with Crippen molar-refractivity contribution in [1.82, 2.24) is 14.7 Å². The predicted molar refractivity (Wildman–Crippen MR) is 99.3 cm³/mol. The van der Waals surface area contributed by atoms with Crippen molar-refractivity contribution in [3.8, 4) is 0 Å². The Morgan fingerprint density at radius 3 is 2.84 bits per heavy atom. The van der Waals surface area contributed by atoms with E-state index < -0.39 is 0 Å². The molecule has 0 aromatic heterocycles. The fourth-order valence-electron chi connectivity index (χ4n) is 3.96. The van der Waals surface area contributed by atoms with E-state index >= 15 is 0 Å². The highest BCUT2D eigenvalue weighted by atomic mass is 16.3. The lowest BCUT2D eigenvalue weighted by Gasteiger charge is -2.23. The first kappa shape index (κ1) is 18.4. The van der Waals surface area contributed by atoms with E-state index in [9.17, 15) is 9.90 Å². The van der Waals surface area contributed by atoms with Crippen LogP contribution in [-0.4, -0.2) is 78.6 Å². The van der Waals surface area contributed by atoms with Crippen LogP contribution < -0.4 is 0 Å². The number of amides is 1. The van der Waals surface area contributed by atoms with Crippen molar-refractivity contribution >= 4 is 5.91 Å². The minimum Gasteiger partial charge on any atom is -0.392 e. The Morgan fingerprint density at radius 2 is 2.00 bits per heavy atom. The van der Waals surface area contributed by atoms with Gasteiger partial charge in [-0.15, -0.1) is 0 Å². The summed E-state index contributed by atoms with van der Waals surface area (Å²) in [6.07, 6.45) is 3.22. The molecule has 138 valence electrons. The zero-order chi connectivity index (χ0) is 17.6. The molecule has 2 saturated heterocycles. The maximum atomic E-state index is 12.6. The van der Waals surface area contributed by atoms with Crippen LogP contribution in [0.2, 0.25) is 0 Å². The minimum absolute atomic E-state index is 0.0914. The number of aliphatic hydroxyl groups excluding tert-OH is 1. The van der Waals surface area contributed by atoms with Gasteiger partial charge in [-0.1, -0.05) is 24.3 Å². The lowest BCUT2D eigenvalue weighted by Crippen LogP contribution is -2.40. The minimum atomic E-state index is 0.0914. The molecular formula is C20H31N3O2. The van der Waals surface area contributed by atoms with E-state index in [-0.39, 0.29) is 12.5 Å². The molecule has 2 fully saturated rings. The van der Waals surface area contributed by atoms with Gasteiger partial charge < -0.3 is 14.9 Å². The first-order valence-electron chi connectivity index (χ1n) is 9.51. The first-order valence-corrected chi connectivity index (χ1v) is 9.51. The number of likely N-dealkylation sites (tertiary alicyclic amines) is 1. The number of hydrogen-bond acceptors (Lipinski definition) is 4. The molecule has 1 atom stereocenters. The molecule has 0 saturated carbocycles. The quantitative estimate of drug-likeness (QED) is 0.871. The van der Waals surface area contributed by atoms with Gasteiger partial charge in [-0.05, 0) is 56.4 Å². The molecule has 2 heterocycles. The molecule has 0 aliphatic carbocycles. The molecule has 5 nitrogen and oxygen atoms in total. The van der Waals surface area contributed by atoms with E-state index in [1.807, 2.05) is 12.1 Å². The second kappa shape index (κ2) is 8.79. The maximum Gasteiger partial charge on any atom is 0.236 e. The zero-order valence-corrected chi connectivity index (χ0v) is 15.4. The Labute approximate surface area is 151 Å². The highest BCUT2D eigenvalue weighted by Gasteiger charge is 2.27. The average Bonchev–Trinajstić information content (AvgIpc) is 2.98. The van der Waals surface area contributed by atoms with Crippen LogP contribution in [0.1, 0.15) is 24.0 Å². The number of carbonyl (C=O) groups is 1. The average molecular weight is 345 g/mol. The summed E-state index contributed by atoms with van der Waals surface area (Å²) in [5, 5.41) is 9.27. The van der Waals surface area contributed by atoms with Crippen molar-refractivity contribution in [1.29, 1.82) is 0 Å². The monoisotopic (exact) mass is 345 g/mol. The molecule has 1 N–H and O–H groups in total. The van der Waals surface area contributed by atoms with Crippen LogP contribution >= 0.6 is 0 Å². The van der Waals surface area contributed by atoms with Gasteiger partial charge in [-0.25, -0.2) is 0 Å². The van der Waals surface area contributed by atoms with Crippen molar-refractivity contribution < 1.29 is 9.90 Å². The predicted octanol–water partition coefficient (Wildman–Crippen LogP) is 1.21. The Bertz CT molecular complexity index is 578. The number of nitrogens with zero attached hydrogens (tertiary/aromatic N) is 3. The summed E-state index contributed by atoms with van der Waals surface area (Å²) in [4.78, 5) is 19.3. The van der Waals surface area contributed by atoms with E-state index in [0.717, 1.165) is 64.1 Å². The Balaban J connectivity index is 1.47. The van der Waals surface area contributed by atoms with Gasteiger partial charge in [0, 0.05) is 26.2 Å². The zero-order valence-electron chi connectivity index (χ0n) is 15.4. The van der Waals surface area contributed by atoms with Crippen molar-refractivity contribution in [2.75, 3.05) is 52.9 Å². The summed E-state index contributed by atoms with van der Waals surface area (Å²) in [5.41, 5.74) is 2.23. The lowest BCUT2D eigenvalue weighted by molar-refractivity contribution is -0.131. The molecule has 25 heavy (non-hydrogen) atoms. The molecule has 1 aromatic rings.